The molecule has 0 saturated carbocycles. The molecule has 0 aliphatic carbocycles. The molecule has 0 fully saturated rings. The number of carbonyl (C=O) groups excluding carboxylic acids is 3. The smallest absolute Gasteiger partial charge is 0.309 e. The minimum Gasteiger partial charge on any atom is -0.545 e. The lowest BCUT2D eigenvalue weighted by Gasteiger charge is -2.26. The fourth-order valence-corrected chi connectivity index (χ4v) is 7.49. The van der Waals surface area contributed by atoms with Gasteiger partial charge in [0, 0.05) is 6.42 Å². The molecule has 0 amide bonds. The summed E-state index contributed by atoms with van der Waals surface area (Å²) < 4.78 is 22.5. The van der Waals surface area contributed by atoms with Gasteiger partial charge in [-0.05, 0) is 89.9 Å². The summed E-state index contributed by atoms with van der Waals surface area (Å²) in [7, 11) is 5.89. The van der Waals surface area contributed by atoms with Crippen LogP contribution in [-0.4, -0.2) is 82.3 Å². The number of hydrogen-bond donors (Lipinski definition) is 0. The van der Waals surface area contributed by atoms with E-state index in [1.807, 2.05) is 33.3 Å². The average Bonchev–Trinajstić information content (AvgIpc) is 3.38. The van der Waals surface area contributed by atoms with Crippen LogP contribution in [0.2, 0.25) is 0 Å². The summed E-state index contributed by atoms with van der Waals surface area (Å²) >= 11 is 0. The van der Waals surface area contributed by atoms with E-state index in [0.717, 1.165) is 83.5 Å². The van der Waals surface area contributed by atoms with Crippen molar-refractivity contribution in [3.63, 3.8) is 0 Å². The molecular weight excluding hydrogens is 935 g/mol. The van der Waals surface area contributed by atoms with Crippen LogP contribution in [0.5, 0.6) is 0 Å². The van der Waals surface area contributed by atoms with E-state index in [0.29, 0.717) is 23.9 Å². The zero-order chi connectivity index (χ0) is 54.8. The third-order valence-corrected chi connectivity index (χ3v) is 11.9. The Morgan fingerprint density at radius 3 is 1.13 bits per heavy atom. The number of esters is 2. The lowest BCUT2D eigenvalue weighted by atomic mass is 10.0. The minimum atomic E-state index is -1.65. The average molecular weight is 1040 g/mol. The van der Waals surface area contributed by atoms with Gasteiger partial charge in [-0.1, -0.05) is 237 Å². The number of quaternary nitrogens is 1. The van der Waals surface area contributed by atoms with Gasteiger partial charge < -0.3 is 33.3 Å². The van der Waals surface area contributed by atoms with Crippen molar-refractivity contribution in [3.05, 3.63) is 134 Å². The van der Waals surface area contributed by atoms with Gasteiger partial charge in [0.05, 0.1) is 46.7 Å². The highest BCUT2D eigenvalue weighted by Gasteiger charge is 2.21. The van der Waals surface area contributed by atoms with Crippen molar-refractivity contribution in [3.8, 4) is 0 Å². The topological polar surface area (TPSA) is 111 Å². The zero-order valence-corrected chi connectivity index (χ0v) is 48.1. The molecule has 0 aromatic carbocycles. The number of unbranched alkanes of at least 4 members (excludes halogenated alkanes) is 16. The van der Waals surface area contributed by atoms with Crippen molar-refractivity contribution in [2.45, 2.75) is 219 Å². The van der Waals surface area contributed by atoms with E-state index < -0.39 is 30.3 Å². The number of rotatable bonds is 52. The fraction of sp³-hybridized carbons (Fsp3) is 0.621. The Hall–Kier alpha value is -4.57. The second-order valence-electron chi connectivity index (χ2n) is 20.2. The van der Waals surface area contributed by atoms with Crippen LogP contribution >= 0.6 is 0 Å². The second kappa shape index (κ2) is 55.7. The van der Waals surface area contributed by atoms with Gasteiger partial charge in [-0.3, -0.25) is 9.59 Å². The Balaban J connectivity index is 4.19. The first-order valence-electron chi connectivity index (χ1n) is 29.3. The van der Waals surface area contributed by atoms with Gasteiger partial charge in [-0.25, -0.2) is 0 Å². The molecule has 0 spiro atoms. The van der Waals surface area contributed by atoms with Crippen LogP contribution < -0.4 is 5.11 Å². The van der Waals surface area contributed by atoms with Crippen molar-refractivity contribution >= 4 is 17.9 Å². The maximum absolute atomic E-state index is 12.9. The Morgan fingerprint density at radius 2 is 0.760 bits per heavy atom. The lowest BCUT2D eigenvalue weighted by Crippen LogP contribution is -2.44. The molecule has 0 aliphatic rings. The molecule has 2 atom stereocenters. The van der Waals surface area contributed by atoms with Crippen LogP contribution in [0.15, 0.2) is 134 Å². The number of carbonyl (C=O) groups is 3. The maximum Gasteiger partial charge on any atom is 0.309 e. The van der Waals surface area contributed by atoms with Gasteiger partial charge in [0.2, 0.25) is 0 Å². The first-order chi connectivity index (χ1) is 36.6. The minimum absolute atomic E-state index is 0.0546. The molecule has 0 aromatic heterocycles. The van der Waals surface area contributed by atoms with Crippen molar-refractivity contribution in [1.82, 2.24) is 0 Å². The van der Waals surface area contributed by atoms with Crippen molar-refractivity contribution < 1.29 is 42.9 Å². The van der Waals surface area contributed by atoms with Gasteiger partial charge in [-0.15, -0.1) is 0 Å². The van der Waals surface area contributed by atoms with E-state index in [-0.39, 0.29) is 32.7 Å². The van der Waals surface area contributed by atoms with Gasteiger partial charge in [0.25, 0.3) is 0 Å². The SMILES string of the molecule is CC/C=C\C/C=C\C/C=C\C/C=C\C/C=C\C/C=C\CCCCCCCCCCCCCCCCCCC(=O)OC(COC(=O)C/C=C\C/C=C\C/C=C\C/C=C\C/C=C\CC)COC(OCC[N+](C)(C)C)C(=O)[O-]. The summed E-state index contributed by atoms with van der Waals surface area (Å²) in [5, 5.41) is 11.8. The van der Waals surface area contributed by atoms with Gasteiger partial charge >= 0.3 is 11.9 Å². The Morgan fingerprint density at radius 1 is 0.413 bits per heavy atom. The molecule has 0 bridgehead atoms. The number of nitrogens with zero attached hydrogens (tertiary/aromatic N) is 1. The number of carboxylic acids is 1. The Labute approximate surface area is 459 Å². The summed E-state index contributed by atoms with van der Waals surface area (Å²) in [6.07, 6.45) is 76.9. The number of hydrogen-bond acceptors (Lipinski definition) is 8. The van der Waals surface area contributed by atoms with E-state index in [2.05, 4.69) is 129 Å². The van der Waals surface area contributed by atoms with E-state index in [4.69, 9.17) is 18.9 Å². The maximum atomic E-state index is 12.9. The summed E-state index contributed by atoms with van der Waals surface area (Å²) in [6.45, 7) is 4.39. The quantitative estimate of drug-likeness (QED) is 0.0195. The highest BCUT2D eigenvalue weighted by Crippen LogP contribution is 2.15. The van der Waals surface area contributed by atoms with Crippen molar-refractivity contribution in [2.75, 3.05) is 47.5 Å². The first-order valence-corrected chi connectivity index (χ1v) is 29.3. The molecule has 0 aromatic rings. The number of ether oxygens (including phenoxy) is 4. The van der Waals surface area contributed by atoms with Gasteiger partial charge in [-0.2, -0.15) is 0 Å². The Kier molecular flexibility index (Phi) is 52.3. The van der Waals surface area contributed by atoms with Crippen molar-refractivity contribution in [1.29, 1.82) is 0 Å². The highest BCUT2D eigenvalue weighted by atomic mass is 16.7. The molecule has 9 nitrogen and oxygen atoms in total. The van der Waals surface area contributed by atoms with E-state index in [1.54, 1.807) is 6.08 Å². The predicted molar refractivity (Wildman–Crippen MR) is 315 cm³/mol. The second-order valence-corrected chi connectivity index (χ2v) is 20.2. The molecule has 0 radical (unpaired) electrons. The molecule has 0 aliphatic heterocycles. The van der Waals surface area contributed by atoms with Gasteiger partial charge in [0.15, 0.2) is 12.4 Å². The molecule has 2 unspecified atom stereocenters. The highest BCUT2D eigenvalue weighted by molar-refractivity contribution is 5.71. The van der Waals surface area contributed by atoms with Crippen LogP contribution in [0.3, 0.4) is 0 Å². The zero-order valence-electron chi connectivity index (χ0n) is 48.1. The predicted octanol–water partition coefficient (Wildman–Crippen LogP) is 16.1. The number of allylic oxidation sites excluding steroid dienone is 21. The van der Waals surface area contributed by atoms with Gasteiger partial charge in [0.1, 0.15) is 13.2 Å². The molecule has 424 valence electrons. The van der Waals surface area contributed by atoms with E-state index in [1.165, 1.54) is 83.5 Å². The lowest BCUT2D eigenvalue weighted by molar-refractivity contribution is -0.870. The summed E-state index contributed by atoms with van der Waals surface area (Å²) in [5.74, 6) is -2.46. The standard InChI is InChI=1S/C66H107NO8/c1-6-8-10-12-14-16-18-20-22-23-24-25-26-27-28-29-30-31-32-33-34-35-36-37-38-39-40-41-43-45-47-49-51-53-55-57-64(69)75-62(61-74-66(65(70)71)72-59-58-67(3,4)5)60-73-63(68)56-54-52-50-48-46-44-42-21-19-17-15-13-11-9-7-2/h8-11,14-17,20-22,24-25,27-28,30-31,42,46,48,52,54,62,66H,6-7,12-13,18-19,23,26,29,32-41,43-45,47,49-51,53,55-61H2,1-5H3/b10-8-,11-9-,16-14-,17-15-,22-20-,25-24-,28-27-,31-30-,42-21-,48-46-,54-52-. The van der Waals surface area contributed by atoms with E-state index >= 15 is 0 Å². The molecule has 0 rings (SSSR count). The summed E-state index contributed by atoms with van der Waals surface area (Å²) in [4.78, 5) is 37.2. The normalized spacial score (nSPS) is 13.8. The number of aliphatic carboxylic acids is 1. The molecule has 75 heavy (non-hydrogen) atoms. The molecule has 9 heteroatoms. The van der Waals surface area contributed by atoms with Crippen LogP contribution in [0.1, 0.15) is 206 Å². The van der Waals surface area contributed by atoms with Crippen LogP contribution in [0, 0.1) is 0 Å². The molecule has 0 heterocycles. The summed E-state index contributed by atoms with van der Waals surface area (Å²) in [5.41, 5.74) is 0. The van der Waals surface area contributed by atoms with E-state index in [9.17, 15) is 19.5 Å². The fourth-order valence-electron chi connectivity index (χ4n) is 7.49. The summed E-state index contributed by atoms with van der Waals surface area (Å²) in [6, 6.07) is 0. The first kappa shape index (κ1) is 70.4. The largest absolute Gasteiger partial charge is 0.545 e. The Bertz CT molecular complexity index is 1690. The number of carboxylic acid groups (broad SMARTS) is 1. The molecular formula is C66H107NO8. The third-order valence-electron chi connectivity index (χ3n) is 11.9. The van der Waals surface area contributed by atoms with Crippen LogP contribution in [-0.2, 0) is 33.3 Å². The number of likely N-dealkylation sites (N-methyl/N-ethyl adjacent to an activating group) is 1. The van der Waals surface area contributed by atoms with Crippen molar-refractivity contribution in [2.24, 2.45) is 0 Å². The molecule has 0 N–H and O–H groups in total. The molecule has 0 saturated heterocycles. The van der Waals surface area contributed by atoms with Crippen LogP contribution in [0.4, 0.5) is 0 Å². The van der Waals surface area contributed by atoms with Crippen LogP contribution in [0.25, 0.3) is 0 Å². The monoisotopic (exact) mass is 1040 g/mol. The third kappa shape index (κ3) is 57.0.